The van der Waals surface area contributed by atoms with Gasteiger partial charge in [-0.3, -0.25) is 14.2 Å². The van der Waals surface area contributed by atoms with Gasteiger partial charge in [0.1, 0.15) is 0 Å². The third kappa shape index (κ3) is 3.58. The average molecular weight is 346 g/mol. The Morgan fingerprint density at radius 2 is 2.12 bits per heavy atom. The number of fused-ring (bicyclic) bond motifs is 1. The Morgan fingerprint density at radius 1 is 1.36 bits per heavy atom. The zero-order valence-corrected chi connectivity index (χ0v) is 14.6. The van der Waals surface area contributed by atoms with Crippen LogP contribution in [0.2, 0.25) is 0 Å². The molecule has 8 nitrogen and oxygen atoms in total. The van der Waals surface area contributed by atoms with E-state index in [0.29, 0.717) is 36.4 Å². The Bertz CT molecular complexity index is 867. The second-order valence-electron chi connectivity index (χ2n) is 6.67. The molecule has 1 aromatic heterocycles. The van der Waals surface area contributed by atoms with E-state index in [1.165, 1.54) is 0 Å². The van der Waals surface area contributed by atoms with Crippen LogP contribution in [-0.2, 0) is 16.1 Å². The lowest BCUT2D eigenvalue weighted by Crippen LogP contribution is -2.25. The highest BCUT2D eigenvalue weighted by Crippen LogP contribution is 2.21. The van der Waals surface area contributed by atoms with Crippen molar-refractivity contribution in [2.75, 3.05) is 39.5 Å². The first-order valence-electron chi connectivity index (χ1n) is 8.18. The largest absolute Gasteiger partial charge is 0.419 e. The normalized spacial score (nSPS) is 17.7. The first kappa shape index (κ1) is 17.2. The number of hydrogen-bond donors (Lipinski definition) is 1. The number of oxazole rings is 1. The number of benzene rings is 1. The van der Waals surface area contributed by atoms with Crippen LogP contribution in [0.1, 0.15) is 6.42 Å². The van der Waals surface area contributed by atoms with Gasteiger partial charge in [0, 0.05) is 38.8 Å². The van der Waals surface area contributed by atoms with Crippen LogP contribution < -0.4 is 11.1 Å². The molecule has 25 heavy (non-hydrogen) atoms. The number of rotatable bonds is 5. The highest BCUT2D eigenvalue weighted by molar-refractivity contribution is 5.98. The zero-order chi connectivity index (χ0) is 18.1. The summed E-state index contributed by atoms with van der Waals surface area (Å²) in [5.41, 5.74) is 1.71. The fraction of sp³-hybridized carbons (Fsp3) is 0.471. The van der Waals surface area contributed by atoms with Crippen LogP contribution >= 0.6 is 0 Å². The predicted molar refractivity (Wildman–Crippen MR) is 93.4 cm³/mol. The van der Waals surface area contributed by atoms with E-state index < -0.39 is 5.76 Å². The molecule has 2 heterocycles. The monoisotopic (exact) mass is 346 g/mol. The lowest BCUT2D eigenvalue weighted by atomic mass is 10.1. The first-order chi connectivity index (χ1) is 11.8. The van der Waals surface area contributed by atoms with Crippen molar-refractivity contribution in [2.24, 2.45) is 5.92 Å². The molecule has 8 heteroatoms. The van der Waals surface area contributed by atoms with Crippen molar-refractivity contribution in [3.05, 3.63) is 28.7 Å². The van der Waals surface area contributed by atoms with Gasteiger partial charge >= 0.3 is 5.76 Å². The van der Waals surface area contributed by atoms with E-state index in [2.05, 4.69) is 5.32 Å². The summed E-state index contributed by atoms with van der Waals surface area (Å²) in [5, 5.41) is 2.83. The fourth-order valence-corrected chi connectivity index (χ4v) is 2.94. The molecule has 0 spiro atoms. The lowest BCUT2D eigenvalue weighted by Gasteiger charge is -2.12. The number of likely N-dealkylation sites (tertiary alicyclic amines) is 1. The van der Waals surface area contributed by atoms with Gasteiger partial charge in [0.2, 0.25) is 11.8 Å². The maximum atomic E-state index is 12.4. The minimum atomic E-state index is -0.414. The molecule has 0 bridgehead atoms. The van der Waals surface area contributed by atoms with Crippen molar-refractivity contribution >= 4 is 28.6 Å². The number of likely N-dealkylation sites (N-methyl/N-ethyl adjacent to an activating group) is 1. The standard InChI is InChI=1S/C17H22N4O4/c1-19(2)6-7-21-13-9-12(4-5-14(13)25-17(21)24)18-16(23)11-8-15(22)20(3)10-11/h4-5,9,11H,6-8,10H2,1-3H3,(H,18,23). The Hall–Kier alpha value is -2.61. The van der Waals surface area contributed by atoms with Crippen LogP contribution in [0.5, 0.6) is 0 Å². The van der Waals surface area contributed by atoms with Crippen molar-refractivity contribution < 1.29 is 14.0 Å². The summed E-state index contributed by atoms with van der Waals surface area (Å²) >= 11 is 0. The summed E-state index contributed by atoms with van der Waals surface area (Å²) in [7, 11) is 5.55. The topological polar surface area (TPSA) is 87.8 Å². The molecular formula is C17H22N4O4. The number of anilines is 1. The molecular weight excluding hydrogens is 324 g/mol. The Kier molecular flexibility index (Phi) is 4.63. The molecule has 2 amide bonds. The first-order valence-corrected chi connectivity index (χ1v) is 8.18. The van der Waals surface area contributed by atoms with Crippen molar-refractivity contribution in [2.45, 2.75) is 13.0 Å². The highest BCUT2D eigenvalue weighted by atomic mass is 16.4. The maximum absolute atomic E-state index is 12.4. The Balaban J connectivity index is 1.80. The summed E-state index contributed by atoms with van der Waals surface area (Å²) in [5.74, 6) is -0.984. The molecule has 0 aliphatic carbocycles. The fourth-order valence-electron chi connectivity index (χ4n) is 2.94. The van der Waals surface area contributed by atoms with E-state index in [1.807, 2.05) is 19.0 Å². The van der Waals surface area contributed by atoms with Gasteiger partial charge in [0.25, 0.3) is 0 Å². The van der Waals surface area contributed by atoms with Gasteiger partial charge in [-0.25, -0.2) is 4.79 Å². The van der Waals surface area contributed by atoms with E-state index in [0.717, 1.165) is 0 Å². The molecule has 1 aromatic carbocycles. The summed E-state index contributed by atoms with van der Waals surface area (Å²) in [6.45, 7) is 1.62. The van der Waals surface area contributed by atoms with Gasteiger partial charge in [0.15, 0.2) is 5.58 Å². The number of nitrogens with zero attached hydrogens (tertiary/aromatic N) is 3. The number of amides is 2. The summed E-state index contributed by atoms with van der Waals surface area (Å²) in [4.78, 5) is 39.5. The van der Waals surface area contributed by atoms with Crippen molar-refractivity contribution in [1.82, 2.24) is 14.4 Å². The molecule has 2 aromatic rings. The lowest BCUT2D eigenvalue weighted by molar-refractivity contribution is -0.127. The van der Waals surface area contributed by atoms with Gasteiger partial charge < -0.3 is 19.5 Å². The summed E-state index contributed by atoms with van der Waals surface area (Å²) in [6.07, 6.45) is 0.226. The van der Waals surface area contributed by atoms with Gasteiger partial charge in [-0.2, -0.15) is 0 Å². The third-order valence-corrected chi connectivity index (χ3v) is 4.42. The Morgan fingerprint density at radius 3 is 2.76 bits per heavy atom. The maximum Gasteiger partial charge on any atom is 0.419 e. The second kappa shape index (κ2) is 6.72. The van der Waals surface area contributed by atoms with Crippen molar-refractivity contribution in [1.29, 1.82) is 0 Å². The number of aromatic nitrogens is 1. The smallest absolute Gasteiger partial charge is 0.408 e. The van der Waals surface area contributed by atoms with E-state index in [9.17, 15) is 14.4 Å². The molecule has 1 N–H and O–H groups in total. The molecule has 0 radical (unpaired) electrons. The Labute approximate surface area is 145 Å². The number of nitrogens with one attached hydrogen (secondary N) is 1. The number of hydrogen-bond acceptors (Lipinski definition) is 5. The predicted octanol–water partition coefficient (Wildman–Crippen LogP) is 0.573. The van der Waals surface area contributed by atoms with E-state index in [4.69, 9.17) is 4.42 Å². The van der Waals surface area contributed by atoms with Gasteiger partial charge in [0.05, 0.1) is 11.4 Å². The van der Waals surface area contributed by atoms with Crippen LogP contribution in [0.15, 0.2) is 27.4 Å². The molecule has 1 atom stereocenters. The molecule has 3 rings (SSSR count). The molecule has 1 saturated heterocycles. The van der Waals surface area contributed by atoms with Crippen LogP contribution in [0, 0.1) is 5.92 Å². The molecule has 134 valence electrons. The molecule has 1 unspecified atom stereocenters. The van der Waals surface area contributed by atoms with E-state index in [-0.39, 0.29) is 24.2 Å². The second-order valence-corrected chi connectivity index (χ2v) is 6.67. The van der Waals surface area contributed by atoms with Crippen LogP contribution in [0.3, 0.4) is 0 Å². The third-order valence-electron chi connectivity index (χ3n) is 4.42. The van der Waals surface area contributed by atoms with Crippen molar-refractivity contribution in [3.63, 3.8) is 0 Å². The number of carbonyl (C=O) groups excluding carboxylic acids is 2. The summed E-state index contributed by atoms with van der Waals surface area (Å²) in [6, 6.07) is 5.10. The zero-order valence-electron chi connectivity index (χ0n) is 14.6. The van der Waals surface area contributed by atoms with E-state index in [1.54, 1.807) is 34.7 Å². The molecule has 1 aliphatic heterocycles. The molecule has 1 aliphatic rings. The van der Waals surface area contributed by atoms with E-state index >= 15 is 0 Å². The van der Waals surface area contributed by atoms with Gasteiger partial charge in [-0.05, 0) is 32.3 Å². The average Bonchev–Trinajstić information content (AvgIpc) is 3.04. The van der Waals surface area contributed by atoms with Crippen LogP contribution in [0.4, 0.5) is 5.69 Å². The van der Waals surface area contributed by atoms with Gasteiger partial charge in [-0.1, -0.05) is 0 Å². The number of carbonyl (C=O) groups is 2. The summed E-state index contributed by atoms with van der Waals surface area (Å²) < 4.78 is 6.80. The highest BCUT2D eigenvalue weighted by Gasteiger charge is 2.32. The quantitative estimate of drug-likeness (QED) is 0.855. The SMILES string of the molecule is CN(C)CCn1c(=O)oc2ccc(NC(=O)C3CC(=O)N(C)C3)cc21. The van der Waals surface area contributed by atoms with Gasteiger partial charge in [-0.15, -0.1) is 0 Å². The molecule has 1 fully saturated rings. The minimum Gasteiger partial charge on any atom is -0.408 e. The van der Waals surface area contributed by atoms with Crippen LogP contribution in [-0.4, -0.2) is 60.4 Å². The minimum absolute atomic E-state index is 0.0250. The van der Waals surface area contributed by atoms with Crippen molar-refractivity contribution in [3.8, 4) is 0 Å². The van der Waals surface area contributed by atoms with Crippen LogP contribution in [0.25, 0.3) is 11.1 Å². The molecule has 0 saturated carbocycles.